The topological polar surface area (TPSA) is 72.2 Å². The van der Waals surface area contributed by atoms with Crippen LogP contribution in [0.5, 0.6) is 0 Å². The van der Waals surface area contributed by atoms with Crippen molar-refractivity contribution in [2.45, 2.75) is 6.04 Å². The molecular formula is C14H11FN2O3. The van der Waals surface area contributed by atoms with Gasteiger partial charge >= 0.3 is 0 Å². The van der Waals surface area contributed by atoms with Crippen LogP contribution in [0.25, 0.3) is 0 Å². The Kier molecular flexibility index (Phi) is 4.05. The lowest BCUT2D eigenvalue weighted by molar-refractivity contribution is -0.547. The molecule has 1 aliphatic carbocycles. The van der Waals surface area contributed by atoms with Crippen molar-refractivity contribution >= 4 is 5.78 Å². The van der Waals surface area contributed by atoms with Crippen molar-refractivity contribution in [1.29, 1.82) is 0 Å². The molecule has 1 aliphatic rings. The maximum atomic E-state index is 12.8. The van der Waals surface area contributed by atoms with Crippen molar-refractivity contribution in [2.24, 2.45) is 0 Å². The standard InChI is InChI=1S/C14H11FN2O3/c15-12-7-5-10(6-8-12)14(18)9-11-3-1-2-4-13(11)16-17(19)20/h1-9,13,16H. The Bertz CT molecular complexity index is 618. The van der Waals surface area contributed by atoms with Crippen LogP contribution in [0.4, 0.5) is 4.39 Å². The maximum absolute atomic E-state index is 12.8. The molecule has 1 aromatic rings. The van der Waals surface area contributed by atoms with Crippen LogP contribution in [-0.4, -0.2) is 16.9 Å². The fraction of sp³-hybridized carbons (Fsp3) is 0.0714. The van der Waals surface area contributed by atoms with Crippen LogP contribution in [0.2, 0.25) is 0 Å². The lowest BCUT2D eigenvalue weighted by Crippen LogP contribution is -2.34. The summed E-state index contributed by atoms with van der Waals surface area (Å²) in [7, 11) is 0. The van der Waals surface area contributed by atoms with E-state index in [-0.39, 0.29) is 5.78 Å². The van der Waals surface area contributed by atoms with E-state index in [0.717, 1.165) is 0 Å². The van der Waals surface area contributed by atoms with Gasteiger partial charge in [0.2, 0.25) is 0 Å². The predicted octanol–water partition coefficient (Wildman–Crippen LogP) is 2.21. The van der Waals surface area contributed by atoms with Crippen molar-refractivity contribution < 1.29 is 14.2 Å². The monoisotopic (exact) mass is 274 g/mol. The molecule has 5 nitrogen and oxygen atoms in total. The Morgan fingerprint density at radius 1 is 1.30 bits per heavy atom. The quantitative estimate of drug-likeness (QED) is 0.395. The number of benzene rings is 1. The SMILES string of the molecule is O=C(C=C1C=CC=CC1N[N+](=O)[O-])c1ccc(F)cc1. The highest BCUT2D eigenvalue weighted by molar-refractivity contribution is 6.05. The van der Waals surface area contributed by atoms with E-state index in [1.54, 1.807) is 24.3 Å². The summed E-state index contributed by atoms with van der Waals surface area (Å²) in [6.07, 6.45) is 7.83. The summed E-state index contributed by atoms with van der Waals surface area (Å²) in [5.74, 6) is -0.766. The summed E-state index contributed by atoms with van der Waals surface area (Å²) < 4.78 is 12.8. The second-order valence-corrected chi connectivity index (χ2v) is 4.12. The molecule has 0 radical (unpaired) electrons. The minimum absolute atomic E-state index is 0.321. The highest BCUT2D eigenvalue weighted by atomic mass is 19.1. The molecule has 1 unspecified atom stereocenters. The van der Waals surface area contributed by atoms with Gasteiger partial charge in [0.1, 0.15) is 11.9 Å². The number of allylic oxidation sites excluding steroid dienone is 3. The Balaban J connectivity index is 2.21. The normalized spacial score (nSPS) is 19.1. The lowest BCUT2D eigenvalue weighted by Gasteiger charge is -2.13. The number of hydrogen-bond acceptors (Lipinski definition) is 3. The summed E-state index contributed by atoms with van der Waals surface area (Å²) in [4.78, 5) is 22.5. The number of halogens is 1. The van der Waals surface area contributed by atoms with Crippen molar-refractivity contribution in [2.75, 3.05) is 0 Å². The van der Waals surface area contributed by atoms with Crippen molar-refractivity contribution in [3.63, 3.8) is 0 Å². The molecule has 0 fully saturated rings. The molecule has 0 aromatic heterocycles. The third-order valence-electron chi connectivity index (χ3n) is 2.73. The first-order chi connectivity index (χ1) is 9.56. The van der Waals surface area contributed by atoms with Gasteiger partial charge in [0.05, 0.1) is 0 Å². The average Bonchev–Trinajstić information content (AvgIpc) is 2.41. The third kappa shape index (κ3) is 3.38. The van der Waals surface area contributed by atoms with Gasteiger partial charge < -0.3 is 0 Å². The molecular weight excluding hydrogens is 263 g/mol. The zero-order chi connectivity index (χ0) is 14.5. The molecule has 0 saturated heterocycles. The van der Waals surface area contributed by atoms with Crippen molar-refractivity contribution in [3.8, 4) is 0 Å². The van der Waals surface area contributed by atoms with Gasteiger partial charge in [0.25, 0.3) is 0 Å². The van der Waals surface area contributed by atoms with E-state index >= 15 is 0 Å². The molecule has 0 saturated carbocycles. The van der Waals surface area contributed by atoms with Gasteiger partial charge in [-0.2, -0.15) is 0 Å². The van der Waals surface area contributed by atoms with E-state index in [1.165, 1.54) is 30.3 Å². The van der Waals surface area contributed by atoms with E-state index in [9.17, 15) is 19.3 Å². The predicted molar refractivity (Wildman–Crippen MR) is 71.0 cm³/mol. The fourth-order valence-electron chi connectivity index (χ4n) is 1.77. The first-order valence-corrected chi connectivity index (χ1v) is 5.83. The number of nitrogens with one attached hydrogen (secondary N) is 1. The Morgan fingerprint density at radius 2 is 2.00 bits per heavy atom. The molecule has 102 valence electrons. The maximum Gasteiger partial charge on any atom is 0.186 e. The van der Waals surface area contributed by atoms with E-state index in [0.29, 0.717) is 11.1 Å². The van der Waals surface area contributed by atoms with Crippen LogP contribution in [0, 0.1) is 15.9 Å². The number of nitro groups is 1. The van der Waals surface area contributed by atoms with Crippen LogP contribution in [0.15, 0.2) is 60.2 Å². The minimum Gasteiger partial charge on any atom is -0.289 e. The molecule has 0 spiro atoms. The fourth-order valence-corrected chi connectivity index (χ4v) is 1.77. The zero-order valence-electron chi connectivity index (χ0n) is 10.3. The summed E-state index contributed by atoms with van der Waals surface area (Å²) in [6.45, 7) is 0. The molecule has 0 bridgehead atoms. The lowest BCUT2D eigenvalue weighted by atomic mass is 9.99. The number of rotatable bonds is 4. The van der Waals surface area contributed by atoms with Crippen LogP contribution >= 0.6 is 0 Å². The smallest absolute Gasteiger partial charge is 0.186 e. The second kappa shape index (κ2) is 5.92. The first kappa shape index (κ1) is 13.7. The number of hydrazine groups is 1. The summed E-state index contributed by atoms with van der Waals surface area (Å²) in [5, 5.41) is 9.83. The third-order valence-corrected chi connectivity index (χ3v) is 2.73. The molecule has 0 aliphatic heterocycles. The molecule has 6 heteroatoms. The molecule has 2 rings (SSSR count). The first-order valence-electron chi connectivity index (χ1n) is 5.83. The minimum atomic E-state index is -0.667. The molecule has 0 heterocycles. The van der Waals surface area contributed by atoms with Gasteiger partial charge in [0.15, 0.2) is 10.8 Å². The van der Waals surface area contributed by atoms with E-state index in [2.05, 4.69) is 5.43 Å². The van der Waals surface area contributed by atoms with Gasteiger partial charge in [-0.1, -0.05) is 24.3 Å². The number of carbonyl (C=O) groups excluding carboxylic acids is 1. The largest absolute Gasteiger partial charge is 0.289 e. The van der Waals surface area contributed by atoms with E-state index < -0.39 is 16.9 Å². The summed E-state index contributed by atoms with van der Waals surface area (Å²) in [6, 6.07) is 4.45. The van der Waals surface area contributed by atoms with Crippen molar-refractivity contribution in [3.05, 3.63) is 81.7 Å². The van der Waals surface area contributed by atoms with Crippen LogP contribution in [-0.2, 0) is 0 Å². The highest BCUT2D eigenvalue weighted by Gasteiger charge is 2.17. The molecule has 20 heavy (non-hydrogen) atoms. The van der Waals surface area contributed by atoms with Crippen LogP contribution in [0.3, 0.4) is 0 Å². The number of nitrogens with zero attached hydrogens (tertiary/aromatic N) is 1. The van der Waals surface area contributed by atoms with Gasteiger partial charge in [-0.15, -0.1) is 5.43 Å². The Morgan fingerprint density at radius 3 is 2.65 bits per heavy atom. The van der Waals surface area contributed by atoms with Crippen molar-refractivity contribution in [1.82, 2.24) is 5.43 Å². The highest BCUT2D eigenvalue weighted by Crippen LogP contribution is 2.14. The number of carbonyl (C=O) groups is 1. The van der Waals surface area contributed by atoms with Crippen LogP contribution in [0.1, 0.15) is 10.4 Å². The van der Waals surface area contributed by atoms with Gasteiger partial charge in [-0.25, -0.2) is 14.5 Å². The molecule has 0 amide bonds. The average molecular weight is 274 g/mol. The van der Waals surface area contributed by atoms with Crippen LogP contribution < -0.4 is 5.43 Å². The van der Waals surface area contributed by atoms with Gasteiger partial charge in [-0.05, 0) is 35.9 Å². The van der Waals surface area contributed by atoms with Gasteiger partial charge in [0, 0.05) is 5.56 Å². The van der Waals surface area contributed by atoms with Gasteiger partial charge in [-0.3, -0.25) is 4.79 Å². The number of hydrogen-bond donors (Lipinski definition) is 1. The zero-order valence-corrected chi connectivity index (χ0v) is 10.3. The van der Waals surface area contributed by atoms with E-state index in [1.807, 2.05) is 0 Å². The summed E-state index contributed by atoms with van der Waals surface area (Å²) in [5.41, 5.74) is 2.89. The van der Waals surface area contributed by atoms with E-state index in [4.69, 9.17) is 0 Å². The molecule has 1 aromatic carbocycles. The number of ketones is 1. The summed E-state index contributed by atoms with van der Waals surface area (Å²) >= 11 is 0. The molecule has 1 atom stereocenters. The Hall–Kier alpha value is -2.76. The second-order valence-electron chi connectivity index (χ2n) is 4.12. The Labute approximate surface area is 114 Å². The molecule has 1 N–H and O–H groups in total.